The van der Waals surface area contributed by atoms with Crippen LogP contribution in [0.4, 0.5) is 4.79 Å². The number of aliphatic hydroxyl groups excluding tert-OH is 1. The third kappa shape index (κ3) is 9.50. The van der Waals surface area contributed by atoms with E-state index in [2.05, 4.69) is 16.0 Å². The average molecular weight is 498 g/mol. The van der Waals surface area contributed by atoms with E-state index in [1.807, 2.05) is 44.2 Å². The van der Waals surface area contributed by atoms with E-state index in [-0.39, 0.29) is 25.5 Å². The molecule has 2 unspecified atom stereocenters. The number of hydrogen-bond acceptors (Lipinski definition) is 6. The van der Waals surface area contributed by atoms with Crippen LogP contribution in [-0.4, -0.2) is 47.4 Å². The summed E-state index contributed by atoms with van der Waals surface area (Å²) in [5, 5.41) is 17.7. The summed E-state index contributed by atoms with van der Waals surface area (Å²) in [5.74, 6) is -2.26. The third-order valence-electron chi connectivity index (χ3n) is 5.43. The summed E-state index contributed by atoms with van der Waals surface area (Å²) in [7, 11) is 0. The number of carbonyl (C=O) groups is 4. The number of alkyl carbamates (subject to hydrolysis) is 1. The highest BCUT2D eigenvalue weighted by Gasteiger charge is 2.30. The number of Topliss-reactive ketones (excluding diaryl/α,β-unsaturated/α-hetero) is 1. The van der Waals surface area contributed by atoms with Crippen molar-refractivity contribution >= 4 is 23.7 Å². The summed E-state index contributed by atoms with van der Waals surface area (Å²) in [5.41, 5.74) is 1.41. The quantitative estimate of drug-likeness (QED) is 0.315. The van der Waals surface area contributed by atoms with Crippen LogP contribution in [0, 0.1) is 5.92 Å². The van der Waals surface area contributed by atoms with Gasteiger partial charge >= 0.3 is 6.09 Å². The zero-order valence-electron chi connectivity index (χ0n) is 20.9. The number of rotatable bonds is 13. The SMILES string of the molecule is CCC(NC(=O)[C@H](CC(C)C)NC(=O)OCc1ccccc1)C(=O)C(=O)NCC(O)c1ccccc1. The molecule has 0 aromatic heterocycles. The molecule has 3 amide bonds. The number of benzene rings is 2. The van der Waals surface area contributed by atoms with Crippen molar-refractivity contribution < 1.29 is 29.0 Å². The standard InChI is InChI=1S/C27H35N3O6/c1-4-21(24(32)26(34)28-16-23(31)20-13-9-6-10-14-20)29-25(33)22(15-18(2)3)30-27(35)36-17-19-11-7-5-8-12-19/h5-14,18,21-23,31H,4,15-17H2,1-3H3,(H,28,34)(H,29,33)(H,30,35)/t21?,22-,23?/m0/s1. The number of ketones is 1. The van der Waals surface area contributed by atoms with Gasteiger partial charge in [0.1, 0.15) is 12.6 Å². The molecule has 0 saturated carbocycles. The highest BCUT2D eigenvalue weighted by molar-refractivity contribution is 6.38. The van der Waals surface area contributed by atoms with Crippen LogP contribution in [0.2, 0.25) is 0 Å². The molecule has 3 atom stereocenters. The van der Waals surface area contributed by atoms with Crippen LogP contribution in [0.15, 0.2) is 60.7 Å². The van der Waals surface area contributed by atoms with Crippen molar-refractivity contribution in [3.05, 3.63) is 71.8 Å². The molecule has 2 rings (SSSR count). The van der Waals surface area contributed by atoms with Crippen molar-refractivity contribution in [3.8, 4) is 0 Å². The maximum absolute atomic E-state index is 12.9. The Balaban J connectivity index is 1.92. The van der Waals surface area contributed by atoms with Crippen molar-refractivity contribution in [1.29, 1.82) is 0 Å². The van der Waals surface area contributed by atoms with Crippen LogP contribution in [0.3, 0.4) is 0 Å². The Labute approximate surface area is 211 Å². The molecule has 0 fully saturated rings. The van der Waals surface area contributed by atoms with Crippen molar-refractivity contribution in [2.45, 2.75) is 58.4 Å². The highest BCUT2D eigenvalue weighted by Crippen LogP contribution is 2.11. The lowest BCUT2D eigenvalue weighted by Gasteiger charge is -2.23. The van der Waals surface area contributed by atoms with Gasteiger partial charge in [0.25, 0.3) is 5.91 Å². The van der Waals surface area contributed by atoms with Crippen LogP contribution in [0.1, 0.15) is 50.8 Å². The minimum atomic E-state index is -1.08. The lowest BCUT2D eigenvalue weighted by atomic mass is 10.0. The van der Waals surface area contributed by atoms with E-state index < -0.39 is 41.9 Å². The van der Waals surface area contributed by atoms with E-state index in [0.29, 0.717) is 12.0 Å². The summed E-state index contributed by atoms with van der Waals surface area (Å²) >= 11 is 0. The Hall–Kier alpha value is -3.72. The van der Waals surface area contributed by atoms with Crippen LogP contribution in [0.25, 0.3) is 0 Å². The molecule has 9 nitrogen and oxygen atoms in total. The van der Waals surface area contributed by atoms with Gasteiger partial charge in [-0.15, -0.1) is 0 Å². The summed E-state index contributed by atoms with van der Waals surface area (Å²) in [6, 6.07) is 15.8. The first-order chi connectivity index (χ1) is 17.2. The molecule has 0 aliphatic heterocycles. The third-order valence-corrected chi connectivity index (χ3v) is 5.43. The zero-order valence-corrected chi connectivity index (χ0v) is 20.9. The number of carbonyl (C=O) groups excluding carboxylic acids is 4. The first kappa shape index (κ1) is 28.5. The molecular formula is C27H35N3O6. The zero-order chi connectivity index (χ0) is 26.5. The largest absolute Gasteiger partial charge is 0.445 e. The van der Waals surface area contributed by atoms with E-state index >= 15 is 0 Å². The molecule has 0 radical (unpaired) electrons. The van der Waals surface area contributed by atoms with Crippen molar-refractivity contribution in [2.24, 2.45) is 5.92 Å². The number of amides is 3. The molecule has 36 heavy (non-hydrogen) atoms. The van der Waals surface area contributed by atoms with E-state index in [1.54, 1.807) is 37.3 Å². The van der Waals surface area contributed by atoms with E-state index in [1.165, 1.54) is 0 Å². The molecule has 194 valence electrons. The first-order valence-electron chi connectivity index (χ1n) is 12.0. The Kier molecular flexibility index (Phi) is 11.6. The minimum absolute atomic E-state index is 0.0494. The first-order valence-corrected chi connectivity index (χ1v) is 12.0. The Morgan fingerprint density at radius 2 is 1.50 bits per heavy atom. The molecule has 9 heteroatoms. The van der Waals surface area contributed by atoms with Crippen LogP contribution in [-0.2, 0) is 25.7 Å². The molecule has 0 aliphatic rings. The summed E-state index contributed by atoms with van der Waals surface area (Å²) < 4.78 is 5.21. The van der Waals surface area contributed by atoms with Crippen molar-refractivity contribution in [1.82, 2.24) is 16.0 Å². The second kappa shape index (κ2) is 14.6. The number of ether oxygens (including phenoxy) is 1. The maximum atomic E-state index is 12.9. The lowest BCUT2D eigenvalue weighted by Crippen LogP contribution is -2.54. The van der Waals surface area contributed by atoms with Gasteiger partial charge in [-0.3, -0.25) is 14.4 Å². The fraction of sp³-hybridized carbons (Fsp3) is 0.407. The number of aliphatic hydroxyl groups is 1. The van der Waals surface area contributed by atoms with Gasteiger partial charge in [-0.05, 0) is 29.9 Å². The summed E-state index contributed by atoms with van der Waals surface area (Å²) in [6.45, 7) is 5.35. The van der Waals surface area contributed by atoms with Gasteiger partial charge in [-0.1, -0.05) is 81.4 Å². The molecule has 0 heterocycles. The van der Waals surface area contributed by atoms with Gasteiger partial charge in [0.2, 0.25) is 11.7 Å². The smallest absolute Gasteiger partial charge is 0.408 e. The van der Waals surface area contributed by atoms with Gasteiger partial charge in [0.15, 0.2) is 0 Å². The van der Waals surface area contributed by atoms with E-state index in [0.717, 1.165) is 5.56 Å². The highest BCUT2D eigenvalue weighted by atomic mass is 16.5. The lowest BCUT2D eigenvalue weighted by molar-refractivity contribution is -0.140. The monoisotopic (exact) mass is 497 g/mol. The molecular weight excluding hydrogens is 462 g/mol. The average Bonchev–Trinajstić information content (AvgIpc) is 2.88. The van der Waals surface area contributed by atoms with Gasteiger partial charge in [-0.2, -0.15) is 0 Å². The maximum Gasteiger partial charge on any atom is 0.408 e. The summed E-state index contributed by atoms with van der Waals surface area (Å²) in [4.78, 5) is 50.3. The predicted octanol–water partition coefficient (Wildman–Crippen LogP) is 2.64. The fourth-order valence-electron chi connectivity index (χ4n) is 3.46. The van der Waals surface area contributed by atoms with E-state index in [9.17, 15) is 24.3 Å². The van der Waals surface area contributed by atoms with Gasteiger partial charge < -0.3 is 25.8 Å². The van der Waals surface area contributed by atoms with Crippen LogP contribution >= 0.6 is 0 Å². The minimum Gasteiger partial charge on any atom is -0.445 e. The topological polar surface area (TPSA) is 134 Å². The van der Waals surface area contributed by atoms with Crippen LogP contribution in [0.5, 0.6) is 0 Å². The van der Waals surface area contributed by atoms with Crippen molar-refractivity contribution in [2.75, 3.05) is 6.54 Å². The van der Waals surface area contributed by atoms with Gasteiger partial charge in [0.05, 0.1) is 12.1 Å². The Morgan fingerprint density at radius 1 is 0.889 bits per heavy atom. The van der Waals surface area contributed by atoms with Crippen molar-refractivity contribution in [3.63, 3.8) is 0 Å². The normalized spacial score (nSPS) is 13.2. The van der Waals surface area contributed by atoms with Crippen LogP contribution < -0.4 is 16.0 Å². The number of nitrogens with one attached hydrogen (secondary N) is 3. The molecule has 2 aromatic rings. The Bertz CT molecular complexity index is 997. The van der Waals surface area contributed by atoms with Gasteiger partial charge in [0, 0.05) is 6.54 Å². The summed E-state index contributed by atoms with van der Waals surface area (Å²) in [6.07, 6.45) is -1.25. The van der Waals surface area contributed by atoms with Gasteiger partial charge in [-0.25, -0.2) is 4.79 Å². The number of hydrogen-bond donors (Lipinski definition) is 4. The molecule has 0 spiro atoms. The molecule has 0 bridgehead atoms. The predicted molar refractivity (Wildman–Crippen MR) is 135 cm³/mol. The fourth-order valence-corrected chi connectivity index (χ4v) is 3.46. The Morgan fingerprint density at radius 3 is 2.08 bits per heavy atom. The molecule has 0 saturated heterocycles. The van der Waals surface area contributed by atoms with E-state index in [4.69, 9.17) is 4.74 Å². The molecule has 2 aromatic carbocycles. The molecule has 0 aliphatic carbocycles. The second-order valence-corrected chi connectivity index (χ2v) is 8.86. The molecule has 4 N–H and O–H groups in total. The second-order valence-electron chi connectivity index (χ2n) is 8.86.